The molecule has 0 radical (unpaired) electrons. The molecule has 6 heterocycles. The van der Waals surface area contributed by atoms with Crippen LogP contribution in [0.1, 0.15) is 83.8 Å². The number of carbonyl (C=O) groups excluding carboxylic acids is 2. The van der Waals surface area contributed by atoms with Crippen molar-refractivity contribution in [3.63, 3.8) is 0 Å². The van der Waals surface area contributed by atoms with Gasteiger partial charge in [-0.15, -0.1) is 0 Å². The Morgan fingerprint density at radius 2 is 0.981 bits per heavy atom. The minimum Gasteiger partial charge on any atom is -0.376 e. The van der Waals surface area contributed by atoms with E-state index in [1.54, 1.807) is 38.1 Å². The van der Waals surface area contributed by atoms with Crippen molar-refractivity contribution in [1.82, 2.24) is 29.7 Å². The predicted octanol–water partition coefficient (Wildman–Crippen LogP) is 5.76. The van der Waals surface area contributed by atoms with Gasteiger partial charge in [0.15, 0.2) is 11.2 Å². The van der Waals surface area contributed by atoms with Crippen molar-refractivity contribution in [1.29, 1.82) is 0 Å². The van der Waals surface area contributed by atoms with Gasteiger partial charge in [-0.1, -0.05) is 109 Å². The summed E-state index contributed by atoms with van der Waals surface area (Å²) in [7, 11) is 0. The van der Waals surface area contributed by atoms with Gasteiger partial charge in [0.1, 0.15) is 22.7 Å². The van der Waals surface area contributed by atoms with Crippen molar-refractivity contribution in [2.24, 2.45) is 0 Å². The molecule has 4 bridgehead atoms. The first kappa shape index (κ1) is 32.8. The van der Waals surface area contributed by atoms with E-state index >= 15 is 0 Å². The van der Waals surface area contributed by atoms with Crippen LogP contribution in [0.25, 0.3) is 11.1 Å². The largest absolute Gasteiger partial charge is 0.376 e. The zero-order valence-corrected chi connectivity index (χ0v) is 30.0. The summed E-state index contributed by atoms with van der Waals surface area (Å²) >= 11 is 0. The molecule has 6 aromatic rings. The number of aromatic amines is 2. The molecule has 10 rings (SSSR count). The van der Waals surface area contributed by atoms with Gasteiger partial charge in [-0.05, 0) is 60.1 Å². The molecule has 2 aromatic heterocycles. The Balaban J connectivity index is 0.982. The van der Waals surface area contributed by atoms with Gasteiger partial charge in [-0.3, -0.25) is 9.59 Å². The molecular formula is C44H40N6O4. The summed E-state index contributed by atoms with van der Waals surface area (Å²) in [6.45, 7) is 4.14. The standard InChI is InChI=1S/C44H40N6O4/c1-41(53,29-9-5-3-6-10-29)39(51)49-23-21-33-35-25-45-37(47-35)43(33,49)31-17-13-27(14-18-31)28-15-19-32(20-16-28)44-34(36-26-46-38(44)48-36)22-24-50(44)40(52)42(2,54)30-11-7-4-8-12-30/h3-20,25-26,33-34,53-54H,21-24H2,1-2H3,(H,45,47)(H,46,48)/t33?,34?,41-,42-,43+,44+/m0/s1. The van der Waals surface area contributed by atoms with Crippen LogP contribution in [0.3, 0.4) is 0 Å². The van der Waals surface area contributed by atoms with Crippen LogP contribution in [0.4, 0.5) is 0 Å². The number of aromatic nitrogens is 4. The van der Waals surface area contributed by atoms with Crippen LogP contribution >= 0.6 is 0 Å². The number of imidazole rings is 2. The Labute approximate surface area is 312 Å². The second-order valence-electron chi connectivity index (χ2n) is 15.5. The number of carbonyl (C=O) groups is 2. The fraction of sp³-hybridized carbons (Fsp3) is 0.273. The molecule has 0 saturated carbocycles. The molecule has 0 aliphatic carbocycles. The highest BCUT2D eigenvalue weighted by Crippen LogP contribution is 2.58. The summed E-state index contributed by atoms with van der Waals surface area (Å²) in [5.74, 6) is 0.722. The third-order valence-corrected chi connectivity index (χ3v) is 12.8. The maximum absolute atomic E-state index is 14.3. The van der Waals surface area contributed by atoms with Crippen molar-refractivity contribution in [2.75, 3.05) is 13.1 Å². The van der Waals surface area contributed by atoms with Crippen molar-refractivity contribution >= 4 is 11.8 Å². The fourth-order valence-corrected chi connectivity index (χ4v) is 10.1. The summed E-state index contributed by atoms with van der Waals surface area (Å²) < 4.78 is 0. The van der Waals surface area contributed by atoms with E-state index in [1.807, 2.05) is 58.6 Å². The topological polar surface area (TPSA) is 138 Å². The van der Waals surface area contributed by atoms with E-state index in [-0.39, 0.29) is 23.7 Å². The number of nitrogens with zero attached hydrogens (tertiary/aromatic N) is 4. The number of amides is 2. The number of fused-ring (bicyclic) bond motifs is 10. The lowest BCUT2D eigenvalue weighted by atomic mass is 9.76. The van der Waals surface area contributed by atoms with E-state index < -0.39 is 22.3 Å². The molecular weight excluding hydrogens is 677 g/mol. The molecule has 4 aromatic carbocycles. The molecule has 10 nitrogen and oxygen atoms in total. The molecule has 6 atom stereocenters. The Kier molecular flexibility index (Phi) is 6.88. The summed E-state index contributed by atoms with van der Waals surface area (Å²) in [6.07, 6.45) is 5.21. The van der Waals surface area contributed by atoms with Crippen LogP contribution in [0.5, 0.6) is 0 Å². The fourth-order valence-electron chi connectivity index (χ4n) is 10.1. The third-order valence-electron chi connectivity index (χ3n) is 12.8. The first-order valence-electron chi connectivity index (χ1n) is 18.6. The van der Waals surface area contributed by atoms with Crippen molar-refractivity contribution in [3.8, 4) is 11.1 Å². The van der Waals surface area contributed by atoms with Crippen LogP contribution in [-0.2, 0) is 31.9 Å². The Morgan fingerprint density at radius 3 is 1.35 bits per heavy atom. The van der Waals surface area contributed by atoms with E-state index in [2.05, 4.69) is 58.5 Å². The second-order valence-corrected chi connectivity index (χ2v) is 15.5. The molecule has 4 aliphatic heterocycles. The monoisotopic (exact) mass is 716 g/mol. The Hall–Kier alpha value is -5.84. The molecule has 2 fully saturated rings. The number of hydrogen-bond donors (Lipinski definition) is 4. The first-order chi connectivity index (χ1) is 26.1. The van der Waals surface area contributed by atoms with Crippen LogP contribution < -0.4 is 0 Å². The van der Waals surface area contributed by atoms with Crippen molar-refractivity contribution in [3.05, 3.63) is 167 Å². The van der Waals surface area contributed by atoms with Gasteiger partial charge >= 0.3 is 0 Å². The van der Waals surface area contributed by atoms with E-state index in [9.17, 15) is 19.8 Å². The molecule has 10 heteroatoms. The van der Waals surface area contributed by atoms with E-state index in [1.165, 1.54) is 0 Å². The third kappa shape index (κ3) is 4.18. The van der Waals surface area contributed by atoms with E-state index in [0.717, 1.165) is 46.5 Å². The molecule has 2 saturated heterocycles. The minimum absolute atomic E-state index is 0.00553. The van der Waals surface area contributed by atoms with Crippen molar-refractivity contribution < 1.29 is 19.8 Å². The van der Waals surface area contributed by atoms with E-state index in [4.69, 9.17) is 9.97 Å². The Morgan fingerprint density at radius 1 is 0.611 bits per heavy atom. The Bertz CT molecular complexity index is 2250. The summed E-state index contributed by atoms with van der Waals surface area (Å²) in [5, 5.41) is 23.4. The number of benzene rings is 4. The van der Waals surface area contributed by atoms with Gasteiger partial charge < -0.3 is 30.0 Å². The lowest BCUT2D eigenvalue weighted by Gasteiger charge is -2.42. The van der Waals surface area contributed by atoms with Gasteiger partial charge in [0.25, 0.3) is 11.8 Å². The van der Waals surface area contributed by atoms with Gasteiger partial charge in [0.05, 0.1) is 0 Å². The normalized spacial score (nSPS) is 25.6. The minimum atomic E-state index is -1.71. The molecule has 4 N–H and O–H groups in total. The number of rotatable bonds is 7. The molecule has 270 valence electrons. The maximum Gasteiger partial charge on any atom is 0.260 e. The number of nitrogens with one attached hydrogen (secondary N) is 2. The highest BCUT2D eigenvalue weighted by Gasteiger charge is 2.63. The second kappa shape index (κ2) is 11.3. The lowest BCUT2D eigenvalue weighted by Crippen LogP contribution is -2.54. The lowest BCUT2D eigenvalue weighted by molar-refractivity contribution is -0.155. The van der Waals surface area contributed by atoms with Crippen molar-refractivity contribution in [2.45, 2.75) is 60.8 Å². The van der Waals surface area contributed by atoms with E-state index in [0.29, 0.717) is 35.9 Å². The quantitative estimate of drug-likeness (QED) is 0.166. The number of H-pyrrole nitrogens is 2. The highest BCUT2D eigenvalue weighted by atomic mass is 16.3. The number of hydrogen-bond acceptors (Lipinski definition) is 6. The first-order valence-corrected chi connectivity index (χ1v) is 18.6. The SMILES string of the molecule is C[C@@](O)(C(=O)N1CCC2c3cnc([nH]3)[C@@]21c1ccc(-c2ccc([C@]34c5ncc([nH]5)C3CCN4C(=O)[C@@](C)(O)c3ccccc3)cc2)cc1)c1ccccc1. The zero-order valence-electron chi connectivity index (χ0n) is 30.0. The zero-order chi connectivity index (χ0) is 37.0. The summed E-state index contributed by atoms with van der Waals surface area (Å²) in [4.78, 5) is 48.6. The number of likely N-dealkylation sites (tertiary alicyclic amines) is 2. The highest BCUT2D eigenvalue weighted by molar-refractivity contribution is 5.89. The number of aliphatic hydroxyl groups is 2. The van der Waals surface area contributed by atoms with Crippen LogP contribution in [0.2, 0.25) is 0 Å². The summed E-state index contributed by atoms with van der Waals surface area (Å²) in [5.41, 5.74) is 1.82. The van der Waals surface area contributed by atoms with Crippen LogP contribution in [0, 0.1) is 0 Å². The predicted molar refractivity (Wildman–Crippen MR) is 201 cm³/mol. The van der Waals surface area contributed by atoms with Crippen LogP contribution in [0.15, 0.2) is 122 Å². The van der Waals surface area contributed by atoms with Crippen LogP contribution in [-0.4, -0.2) is 64.9 Å². The molecule has 0 spiro atoms. The summed E-state index contributed by atoms with van der Waals surface area (Å²) in [6, 6.07) is 34.8. The molecule has 2 unspecified atom stereocenters. The van der Waals surface area contributed by atoms with Gasteiger partial charge in [0.2, 0.25) is 0 Å². The average Bonchev–Trinajstić information content (AvgIpc) is 4.07. The van der Waals surface area contributed by atoms with Gasteiger partial charge in [-0.25, -0.2) is 9.97 Å². The molecule has 2 amide bonds. The maximum atomic E-state index is 14.3. The molecule has 4 aliphatic rings. The average molecular weight is 717 g/mol. The van der Waals surface area contributed by atoms with Gasteiger partial charge in [0, 0.05) is 48.7 Å². The smallest absolute Gasteiger partial charge is 0.260 e. The van der Waals surface area contributed by atoms with Gasteiger partial charge in [-0.2, -0.15) is 0 Å². The molecule has 54 heavy (non-hydrogen) atoms.